The van der Waals surface area contributed by atoms with Gasteiger partial charge < -0.3 is 10.1 Å². The van der Waals surface area contributed by atoms with Crippen LogP contribution in [0.2, 0.25) is 0 Å². The molecule has 1 saturated heterocycles. The van der Waals surface area contributed by atoms with E-state index >= 15 is 0 Å². The molecule has 3 heterocycles. The van der Waals surface area contributed by atoms with Crippen LogP contribution in [-0.4, -0.2) is 26.1 Å². The Morgan fingerprint density at radius 2 is 2.08 bits per heavy atom. The van der Waals surface area contributed by atoms with Gasteiger partial charge in [-0.05, 0) is 40.8 Å². The highest BCUT2D eigenvalue weighted by Crippen LogP contribution is 2.31. The second-order valence-electron chi connectivity index (χ2n) is 5.81. The predicted octanol–water partition coefficient (Wildman–Crippen LogP) is 3.90. The fraction of sp³-hybridized carbons (Fsp3) is 0.353. The first-order valence-corrected chi connectivity index (χ1v) is 8.90. The summed E-state index contributed by atoms with van der Waals surface area (Å²) in [7, 11) is 0. The molecule has 0 spiro atoms. The van der Waals surface area contributed by atoms with Crippen LogP contribution in [0, 0.1) is 0 Å². The minimum Gasteiger partial charge on any atom is -0.364 e. The molecule has 0 radical (unpaired) electrons. The van der Waals surface area contributed by atoms with Gasteiger partial charge in [0.2, 0.25) is 0 Å². The summed E-state index contributed by atoms with van der Waals surface area (Å²) in [5.74, 6) is 0.735. The summed E-state index contributed by atoms with van der Waals surface area (Å²) in [5, 5.41) is 3.36. The zero-order valence-electron chi connectivity index (χ0n) is 13.2. The molecule has 1 atom stereocenters. The summed E-state index contributed by atoms with van der Waals surface area (Å²) >= 11 is 3.55. The number of fused-ring (bicyclic) bond motifs is 1. The van der Waals surface area contributed by atoms with Crippen LogP contribution < -0.4 is 5.32 Å². The number of anilines is 1. The number of imidazole rings is 1. The lowest BCUT2D eigenvalue weighted by Gasteiger charge is -2.24. The molecule has 1 N–H and O–H groups in total. The van der Waals surface area contributed by atoms with Gasteiger partial charge >= 0.3 is 0 Å². The number of rotatable bonds is 4. The molecule has 4 rings (SSSR count). The van der Waals surface area contributed by atoms with E-state index in [4.69, 9.17) is 4.74 Å². The van der Waals surface area contributed by atoms with E-state index in [1.165, 1.54) is 5.56 Å². The average molecular weight is 388 g/mol. The van der Waals surface area contributed by atoms with Crippen molar-refractivity contribution in [3.8, 4) is 0 Å². The van der Waals surface area contributed by atoms with Crippen molar-refractivity contribution in [3.05, 3.63) is 47.0 Å². The van der Waals surface area contributed by atoms with E-state index in [1.54, 1.807) is 6.33 Å². The highest BCUT2D eigenvalue weighted by Gasteiger charge is 2.23. The van der Waals surface area contributed by atoms with Crippen molar-refractivity contribution in [1.29, 1.82) is 0 Å². The van der Waals surface area contributed by atoms with Gasteiger partial charge in [-0.15, -0.1) is 0 Å². The van der Waals surface area contributed by atoms with Crippen molar-refractivity contribution in [2.75, 3.05) is 11.9 Å². The molecule has 7 heteroatoms. The molecule has 1 aromatic carbocycles. The molecule has 124 valence electrons. The number of ether oxygens (including phenoxy) is 1. The average Bonchev–Trinajstić information content (AvgIpc) is 2.98. The molecule has 24 heavy (non-hydrogen) atoms. The third-order valence-electron chi connectivity index (χ3n) is 4.18. The number of aromatic nitrogens is 4. The summed E-state index contributed by atoms with van der Waals surface area (Å²) in [6.45, 7) is 1.47. The molecule has 6 nitrogen and oxygen atoms in total. The normalized spacial score (nSPS) is 18.0. The van der Waals surface area contributed by atoms with Crippen LogP contribution >= 0.6 is 15.9 Å². The highest BCUT2D eigenvalue weighted by atomic mass is 79.9. The van der Waals surface area contributed by atoms with Crippen LogP contribution in [0.1, 0.15) is 31.1 Å². The summed E-state index contributed by atoms with van der Waals surface area (Å²) in [6, 6.07) is 10.2. The molecule has 1 fully saturated rings. The second-order valence-corrected chi connectivity index (χ2v) is 6.51. The van der Waals surface area contributed by atoms with E-state index < -0.39 is 0 Å². The van der Waals surface area contributed by atoms with Crippen molar-refractivity contribution in [1.82, 2.24) is 19.5 Å². The van der Waals surface area contributed by atoms with E-state index in [1.807, 2.05) is 22.8 Å². The lowest BCUT2D eigenvalue weighted by atomic mass is 10.2. The number of benzene rings is 1. The van der Waals surface area contributed by atoms with Crippen molar-refractivity contribution in [3.63, 3.8) is 0 Å². The van der Waals surface area contributed by atoms with Gasteiger partial charge in [-0.25, -0.2) is 15.0 Å². The van der Waals surface area contributed by atoms with Gasteiger partial charge in [0.25, 0.3) is 0 Å². The Bertz CT molecular complexity index is 830. The summed E-state index contributed by atoms with van der Waals surface area (Å²) < 4.78 is 8.64. The topological polar surface area (TPSA) is 64.9 Å². The van der Waals surface area contributed by atoms with E-state index in [2.05, 4.69) is 48.3 Å². The molecule has 0 aliphatic carbocycles. The van der Waals surface area contributed by atoms with E-state index in [0.29, 0.717) is 6.54 Å². The van der Waals surface area contributed by atoms with Gasteiger partial charge in [0.15, 0.2) is 21.7 Å². The minimum absolute atomic E-state index is 0.0185. The van der Waals surface area contributed by atoms with Gasteiger partial charge in [0.05, 0.1) is 0 Å². The lowest BCUT2D eigenvalue weighted by Crippen LogP contribution is -2.18. The summed E-state index contributed by atoms with van der Waals surface area (Å²) in [6.07, 6.45) is 4.79. The molecule has 2 aromatic heterocycles. The Labute approximate surface area is 148 Å². The smallest absolute Gasteiger partial charge is 0.181 e. The zero-order chi connectivity index (χ0) is 16.4. The number of hydrogen-bond acceptors (Lipinski definition) is 5. The Morgan fingerprint density at radius 3 is 2.88 bits per heavy atom. The Balaban J connectivity index is 1.65. The van der Waals surface area contributed by atoms with Crippen molar-refractivity contribution in [2.45, 2.75) is 32.0 Å². The van der Waals surface area contributed by atoms with Crippen LogP contribution in [0.15, 0.2) is 41.4 Å². The highest BCUT2D eigenvalue weighted by molar-refractivity contribution is 9.10. The number of nitrogens with zero attached hydrogens (tertiary/aromatic N) is 4. The first kappa shape index (κ1) is 15.5. The molecule has 0 amide bonds. The van der Waals surface area contributed by atoms with Crippen molar-refractivity contribution >= 4 is 32.9 Å². The zero-order valence-corrected chi connectivity index (χ0v) is 14.7. The Kier molecular flexibility index (Phi) is 4.44. The number of halogens is 1. The molecular weight excluding hydrogens is 370 g/mol. The largest absolute Gasteiger partial charge is 0.364 e. The standard InChI is InChI=1S/C17H18BrN5O/c18-17-22-14-15(19-10-12-6-2-1-3-7-12)20-11-21-16(14)23(17)13-8-4-5-9-24-13/h1-3,6-7,11,13H,4-5,8-10H2,(H,19,20,21). The van der Waals surface area contributed by atoms with Crippen molar-refractivity contribution < 1.29 is 4.74 Å². The van der Waals surface area contributed by atoms with Crippen molar-refractivity contribution in [2.24, 2.45) is 0 Å². The van der Waals surface area contributed by atoms with E-state index in [0.717, 1.165) is 47.6 Å². The Morgan fingerprint density at radius 1 is 1.21 bits per heavy atom. The molecule has 1 aliphatic heterocycles. The third-order valence-corrected chi connectivity index (χ3v) is 4.74. The lowest BCUT2D eigenvalue weighted by molar-refractivity contribution is -0.0311. The van der Waals surface area contributed by atoms with Gasteiger partial charge in [0.1, 0.15) is 12.6 Å². The van der Waals surface area contributed by atoms with Gasteiger partial charge in [-0.2, -0.15) is 0 Å². The summed E-state index contributed by atoms with van der Waals surface area (Å²) in [4.78, 5) is 13.4. The Hall–Kier alpha value is -1.99. The molecular formula is C17H18BrN5O. The molecule has 1 unspecified atom stereocenters. The monoisotopic (exact) mass is 387 g/mol. The molecule has 3 aromatic rings. The maximum atomic E-state index is 5.89. The fourth-order valence-corrected chi connectivity index (χ4v) is 3.55. The van der Waals surface area contributed by atoms with Crippen LogP contribution in [0.4, 0.5) is 5.82 Å². The molecule has 0 bridgehead atoms. The maximum Gasteiger partial charge on any atom is 0.181 e. The van der Waals surface area contributed by atoms with Gasteiger partial charge in [-0.3, -0.25) is 4.57 Å². The van der Waals surface area contributed by atoms with Crippen LogP contribution in [-0.2, 0) is 11.3 Å². The van der Waals surface area contributed by atoms with Gasteiger partial charge in [-0.1, -0.05) is 30.3 Å². The second kappa shape index (κ2) is 6.86. The predicted molar refractivity (Wildman–Crippen MR) is 95.6 cm³/mol. The van der Waals surface area contributed by atoms with Gasteiger partial charge in [0, 0.05) is 13.2 Å². The fourth-order valence-electron chi connectivity index (χ4n) is 2.98. The third kappa shape index (κ3) is 3.01. The first-order chi connectivity index (χ1) is 11.8. The number of nitrogens with one attached hydrogen (secondary N) is 1. The van der Waals surface area contributed by atoms with Crippen LogP contribution in [0.3, 0.4) is 0 Å². The minimum atomic E-state index is -0.0185. The first-order valence-electron chi connectivity index (χ1n) is 8.11. The molecule has 0 saturated carbocycles. The van der Waals surface area contributed by atoms with E-state index in [-0.39, 0.29) is 6.23 Å². The van der Waals surface area contributed by atoms with Crippen LogP contribution in [0.25, 0.3) is 11.2 Å². The maximum absolute atomic E-state index is 5.89. The molecule has 1 aliphatic rings. The summed E-state index contributed by atoms with van der Waals surface area (Å²) in [5.41, 5.74) is 2.74. The van der Waals surface area contributed by atoms with Crippen LogP contribution in [0.5, 0.6) is 0 Å². The quantitative estimate of drug-likeness (QED) is 0.687. The van der Waals surface area contributed by atoms with E-state index in [9.17, 15) is 0 Å². The number of hydrogen-bond donors (Lipinski definition) is 1. The SMILES string of the molecule is Brc1nc2c(NCc3ccccc3)ncnc2n1C1CCCCO1.